The van der Waals surface area contributed by atoms with Crippen molar-refractivity contribution in [3.63, 3.8) is 0 Å². The van der Waals surface area contributed by atoms with Gasteiger partial charge in [-0.1, -0.05) is 238 Å². The van der Waals surface area contributed by atoms with Crippen molar-refractivity contribution in [2.24, 2.45) is 23.5 Å². The van der Waals surface area contributed by atoms with E-state index >= 15 is 0 Å². The van der Waals surface area contributed by atoms with Crippen LogP contribution in [0, 0.1) is 17.8 Å². The zero-order chi connectivity index (χ0) is 55.4. The standard InChI is InChI=1S/C67H111N3O7/c1-55(2)35-26-19-13-7-10-16-22-31-47-75-62-53-60(67(72)70-45-34-40-64(71)69-46-50-73-51-52-74-61-43-41-59(42-44-61)65(68)58-38-29-25-30-39-58)54-63(76-48-32-23-17-11-8-14-20-27-36-56(3)4)66(62)77-49-33-24-18-12-9-15-21-28-37-57(5)6/h25,29-30,38-39,41-44,53-57,65H,7-24,26-28,31-37,40,45-52,68H2,1-6H3,(H,69,71)(H,70,72). The SMILES string of the molecule is CC(C)CCCCCCCCCCOc1cc(C(=O)NCCCC(=O)NCCOCCOc2ccc(C(N)c3ccccc3)cc2)cc(OCCCCCCCCCCC(C)C)c1OCCCCCCCCCCC(C)C. The van der Waals surface area contributed by atoms with E-state index in [2.05, 4.69) is 52.2 Å². The van der Waals surface area contributed by atoms with E-state index in [0.29, 0.717) is 82.0 Å². The number of hydrogen-bond donors (Lipinski definition) is 3. The first kappa shape index (κ1) is 67.0. The fraction of sp³-hybridized carbons (Fsp3) is 0.701. The summed E-state index contributed by atoms with van der Waals surface area (Å²) in [6.45, 7) is 17.5. The number of unbranched alkanes of at least 4 members (excludes halogenated alkanes) is 21. The molecule has 0 fully saturated rings. The van der Waals surface area contributed by atoms with Crippen LogP contribution in [0.25, 0.3) is 0 Å². The van der Waals surface area contributed by atoms with E-state index in [9.17, 15) is 9.59 Å². The number of carbonyl (C=O) groups is 2. The molecular formula is C67H111N3O7. The molecule has 0 spiro atoms. The van der Waals surface area contributed by atoms with Gasteiger partial charge in [-0.05, 0) is 78.8 Å². The Balaban J connectivity index is 1.51. The van der Waals surface area contributed by atoms with Crippen molar-refractivity contribution in [1.29, 1.82) is 0 Å². The van der Waals surface area contributed by atoms with E-state index in [1.807, 2.05) is 66.7 Å². The fourth-order valence-corrected chi connectivity index (χ4v) is 9.60. The molecule has 1 unspecified atom stereocenters. The smallest absolute Gasteiger partial charge is 0.251 e. The maximum Gasteiger partial charge on any atom is 0.251 e. The summed E-state index contributed by atoms with van der Waals surface area (Å²) in [5.74, 6) is 4.58. The molecule has 3 rings (SSSR count). The molecule has 2 amide bonds. The van der Waals surface area contributed by atoms with E-state index in [0.717, 1.165) is 73.2 Å². The molecular weight excluding hydrogens is 959 g/mol. The van der Waals surface area contributed by atoms with Gasteiger partial charge in [-0.15, -0.1) is 0 Å². The molecule has 1 atom stereocenters. The van der Waals surface area contributed by atoms with E-state index in [1.165, 1.54) is 135 Å². The van der Waals surface area contributed by atoms with Crippen molar-refractivity contribution in [1.82, 2.24) is 10.6 Å². The molecule has 0 heterocycles. The Hall–Kier alpha value is -4.28. The molecule has 0 saturated heterocycles. The van der Waals surface area contributed by atoms with Gasteiger partial charge in [0.2, 0.25) is 11.7 Å². The Labute approximate surface area is 470 Å². The van der Waals surface area contributed by atoms with Crippen LogP contribution in [0.5, 0.6) is 23.0 Å². The predicted molar refractivity (Wildman–Crippen MR) is 322 cm³/mol. The lowest BCUT2D eigenvalue weighted by Gasteiger charge is -2.19. The lowest BCUT2D eigenvalue weighted by Crippen LogP contribution is -2.29. The summed E-state index contributed by atoms with van der Waals surface area (Å²) < 4.78 is 31.2. The molecule has 0 aliphatic carbocycles. The topological polar surface area (TPSA) is 130 Å². The van der Waals surface area contributed by atoms with Crippen LogP contribution in [0.15, 0.2) is 66.7 Å². The van der Waals surface area contributed by atoms with Crippen molar-refractivity contribution in [2.75, 3.05) is 52.7 Å². The Morgan fingerprint density at radius 1 is 0.429 bits per heavy atom. The van der Waals surface area contributed by atoms with Crippen LogP contribution in [0.1, 0.15) is 255 Å². The van der Waals surface area contributed by atoms with Crippen LogP contribution in [-0.2, 0) is 9.53 Å². The zero-order valence-electron chi connectivity index (χ0n) is 49.8. The lowest BCUT2D eigenvalue weighted by atomic mass is 10.00. The number of carbonyl (C=O) groups excluding carboxylic acids is 2. The highest BCUT2D eigenvalue weighted by Crippen LogP contribution is 2.40. The Bertz CT molecular complexity index is 1840. The summed E-state index contributed by atoms with van der Waals surface area (Å²) in [7, 11) is 0. The minimum absolute atomic E-state index is 0.0823. The minimum Gasteiger partial charge on any atom is -0.491 e. The van der Waals surface area contributed by atoms with E-state index in [-0.39, 0.29) is 24.3 Å². The van der Waals surface area contributed by atoms with Gasteiger partial charge in [-0.2, -0.15) is 0 Å². The first-order valence-electron chi connectivity index (χ1n) is 31.3. The van der Waals surface area contributed by atoms with E-state index in [1.54, 1.807) is 0 Å². The van der Waals surface area contributed by atoms with Gasteiger partial charge in [0.05, 0.1) is 39.1 Å². The summed E-state index contributed by atoms with van der Waals surface area (Å²) >= 11 is 0. The van der Waals surface area contributed by atoms with Crippen LogP contribution in [0.3, 0.4) is 0 Å². The van der Waals surface area contributed by atoms with Crippen molar-refractivity contribution in [2.45, 2.75) is 234 Å². The molecule has 0 radical (unpaired) electrons. The summed E-state index contributed by atoms with van der Waals surface area (Å²) in [4.78, 5) is 26.5. The van der Waals surface area contributed by atoms with Gasteiger partial charge >= 0.3 is 0 Å². The van der Waals surface area contributed by atoms with Gasteiger partial charge in [0, 0.05) is 25.1 Å². The highest BCUT2D eigenvalue weighted by atomic mass is 16.5. The highest BCUT2D eigenvalue weighted by molar-refractivity contribution is 5.95. The molecule has 10 heteroatoms. The average molecular weight is 1070 g/mol. The fourth-order valence-electron chi connectivity index (χ4n) is 9.60. The molecule has 0 saturated carbocycles. The molecule has 10 nitrogen and oxygen atoms in total. The highest BCUT2D eigenvalue weighted by Gasteiger charge is 2.20. The third-order valence-electron chi connectivity index (χ3n) is 14.4. The number of nitrogens with one attached hydrogen (secondary N) is 2. The van der Waals surface area contributed by atoms with Crippen molar-refractivity contribution < 1.29 is 33.3 Å². The van der Waals surface area contributed by atoms with Gasteiger partial charge < -0.3 is 40.1 Å². The van der Waals surface area contributed by atoms with Crippen LogP contribution >= 0.6 is 0 Å². The lowest BCUT2D eigenvalue weighted by molar-refractivity contribution is -0.121. The van der Waals surface area contributed by atoms with Crippen LogP contribution in [0.4, 0.5) is 0 Å². The average Bonchev–Trinajstić information content (AvgIpc) is 3.42. The quantitative estimate of drug-likeness (QED) is 0.0477. The number of ether oxygens (including phenoxy) is 5. The maximum atomic E-state index is 13.8. The third kappa shape index (κ3) is 34.4. The summed E-state index contributed by atoms with van der Waals surface area (Å²) in [5.41, 5.74) is 8.99. The number of nitrogens with two attached hydrogens (primary N) is 1. The summed E-state index contributed by atoms with van der Waals surface area (Å²) in [6, 6.07) is 21.3. The molecule has 0 aliphatic rings. The summed E-state index contributed by atoms with van der Waals surface area (Å²) in [6.07, 6.45) is 34.3. The number of benzene rings is 3. The van der Waals surface area contributed by atoms with Crippen LogP contribution in [0.2, 0.25) is 0 Å². The molecule has 77 heavy (non-hydrogen) atoms. The van der Waals surface area contributed by atoms with Crippen molar-refractivity contribution in [3.05, 3.63) is 83.4 Å². The number of rotatable bonds is 50. The molecule has 436 valence electrons. The second-order valence-corrected chi connectivity index (χ2v) is 23.0. The largest absolute Gasteiger partial charge is 0.491 e. The second kappa shape index (κ2) is 44.6. The minimum atomic E-state index is -0.222. The van der Waals surface area contributed by atoms with Crippen molar-refractivity contribution >= 4 is 11.8 Å². The molecule has 0 aliphatic heterocycles. The molecule has 3 aromatic carbocycles. The summed E-state index contributed by atoms with van der Waals surface area (Å²) in [5, 5.41) is 5.98. The molecule has 3 aromatic rings. The first-order valence-corrected chi connectivity index (χ1v) is 31.3. The van der Waals surface area contributed by atoms with Gasteiger partial charge in [-0.25, -0.2) is 0 Å². The van der Waals surface area contributed by atoms with Crippen LogP contribution < -0.4 is 35.3 Å². The van der Waals surface area contributed by atoms with Gasteiger partial charge in [-0.3, -0.25) is 9.59 Å². The normalized spacial score (nSPS) is 11.9. The third-order valence-corrected chi connectivity index (χ3v) is 14.4. The van der Waals surface area contributed by atoms with E-state index < -0.39 is 0 Å². The maximum absolute atomic E-state index is 13.8. The second-order valence-electron chi connectivity index (χ2n) is 23.0. The van der Waals surface area contributed by atoms with Gasteiger partial charge in [0.1, 0.15) is 12.4 Å². The van der Waals surface area contributed by atoms with E-state index in [4.69, 9.17) is 29.4 Å². The monoisotopic (exact) mass is 1070 g/mol. The van der Waals surface area contributed by atoms with Crippen LogP contribution in [-0.4, -0.2) is 64.5 Å². The Kier molecular flexibility index (Phi) is 38.8. The molecule has 4 N–H and O–H groups in total. The van der Waals surface area contributed by atoms with Crippen molar-refractivity contribution in [3.8, 4) is 23.0 Å². The number of amides is 2. The molecule has 0 aromatic heterocycles. The Morgan fingerprint density at radius 2 is 0.857 bits per heavy atom. The Morgan fingerprint density at radius 3 is 1.32 bits per heavy atom. The predicted octanol–water partition coefficient (Wildman–Crippen LogP) is 17.1. The zero-order valence-corrected chi connectivity index (χ0v) is 49.8. The van der Waals surface area contributed by atoms with Gasteiger partial charge in [0.25, 0.3) is 5.91 Å². The first-order chi connectivity index (χ1) is 37.5. The number of hydrogen-bond acceptors (Lipinski definition) is 8. The van der Waals surface area contributed by atoms with Gasteiger partial charge in [0.15, 0.2) is 11.5 Å². The molecule has 0 bridgehead atoms.